The van der Waals surface area contributed by atoms with Crippen molar-refractivity contribution in [3.63, 3.8) is 0 Å². The first kappa shape index (κ1) is 14.5. The molecule has 2 amide bonds. The molecule has 1 aliphatic heterocycles. The number of amides is 2. The smallest absolute Gasteiger partial charge is 0.321 e. The number of nitrogens with one attached hydrogen (secondary N) is 2. The fourth-order valence-electron chi connectivity index (χ4n) is 2.18. The molecule has 2 N–H and O–H groups in total. The number of H-pyrrole nitrogens is 1. The Hall–Kier alpha value is -1.90. The molecule has 0 spiro atoms. The topological polar surface area (TPSA) is 112 Å². The second-order valence-electron chi connectivity index (χ2n) is 4.58. The summed E-state index contributed by atoms with van der Waals surface area (Å²) in [5.74, 6) is 0.319. The highest BCUT2D eigenvalue weighted by atomic mass is 32.2. The summed E-state index contributed by atoms with van der Waals surface area (Å²) in [6.45, 7) is 2.18. The van der Waals surface area contributed by atoms with Gasteiger partial charge in [0.15, 0.2) is 15.7 Å². The molecule has 8 nitrogen and oxygen atoms in total. The Balaban J connectivity index is 2.06. The summed E-state index contributed by atoms with van der Waals surface area (Å²) in [5.41, 5.74) is -0.364. The maximum atomic E-state index is 12.1. The third kappa shape index (κ3) is 3.35. The van der Waals surface area contributed by atoms with Crippen LogP contribution in [-0.4, -0.2) is 53.6 Å². The lowest BCUT2D eigenvalue weighted by Gasteiger charge is -2.26. The van der Waals surface area contributed by atoms with E-state index in [1.165, 1.54) is 17.0 Å². The second kappa shape index (κ2) is 5.61. The van der Waals surface area contributed by atoms with Crippen molar-refractivity contribution in [3.8, 4) is 0 Å². The van der Waals surface area contributed by atoms with E-state index in [1.54, 1.807) is 6.92 Å². The summed E-state index contributed by atoms with van der Waals surface area (Å²) in [6, 6.07) is 1.90. The van der Waals surface area contributed by atoms with Crippen LogP contribution in [0.3, 0.4) is 0 Å². The minimum atomic E-state index is -3.05. The zero-order valence-corrected chi connectivity index (χ0v) is 11.8. The number of carbonyl (C=O) groups is 1. The normalized spacial score (nSPS) is 20.6. The molecule has 1 aliphatic rings. The van der Waals surface area contributed by atoms with E-state index in [0.717, 1.165) is 0 Å². The molecule has 1 fully saturated rings. The van der Waals surface area contributed by atoms with Crippen LogP contribution >= 0.6 is 0 Å². The van der Waals surface area contributed by atoms with Crippen LogP contribution in [0.25, 0.3) is 0 Å². The first-order valence-electron chi connectivity index (χ1n) is 6.25. The van der Waals surface area contributed by atoms with E-state index in [9.17, 15) is 18.0 Å². The van der Waals surface area contributed by atoms with E-state index in [1.807, 2.05) is 0 Å². The monoisotopic (exact) mass is 300 g/mol. The van der Waals surface area contributed by atoms with Gasteiger partial charge in [0, 0.05) is 18.7 Å². The van der Waals surface area contributed by atoms with E-state index in [-0.39, 0.29) is 28.9 Å². The van der Waals surface area contributed by atoms with Gasteiger partial charge >= 0.3 is 6.03 Å². The van der Waals surface area contributed by atoms with Crippen LogP contribution in [0.15, 0.2) is 16.9 Å². The van der Waals surface area contributed by atoms with Crippen molar-refractivity contribution in [2.45, 2.75) is 19.4 Å². The molecule has 1 aromatic heterocycles. The number of nitrogens with zero attached hydrogens (tertiary/aromatic N) is 2. The molecule has 2 rings (SSSR count). The molecule has 1 saturated heterocycles. The van der Waals surface area contributed by atoms with Crippen LogP contribution in [-0.2, 0) is 9.84 Å². The number of aromatic amines is 1. The average Bonchev–Trinajstić information content (AvgIpc) is 2.73. The first-order valence-corrected chi connectivity index (χ1v) is 8.07. The van der Waals surface area contributed by atoms with E-state index < -0.39 is 15.9 Å². The van der Waals surface area contributed by atoms with Gasteiger partial charge in [-0.15, -0.1) is 0 Å². The molecular formula is C11H16N4O4S. The zero-order valence-electron chi connectivity index (χ0n) is 11.0. The fraction of sp³-hybridized carbons (Fsp3) is 0.545. The van der Waals surface area contributed by atoms with Gasteiger partial charge < -0.3 is 4.90 Å². The minimum Gasteiger partial charge on any atom is -0.321 e. The zero-order chi connectivity index (χ0) is 14.8. The summed E-state index contributed by atoms with van der Waals surface area (Å²) in [4.78, 5) is 24.5. The Morgan fingerprint density at radius 2 is 2.30 bits per heavy atom. The first-order chi connectivity index (χ1) is 9.41. The number of urea groups is 1. The third-order valence-electron chi connectivity index (χ3n) is 3.16. The molecule has 2 heterocycles. The number of sulfone groups is 1. The molecule has 110 valence electrons. The molecule has 0 radical (unpaired) electrons. The van der Waals surface area contributed by atoms with E-state index in [2.05, 4.69) is 15.5 Å². The molecule has 20 heavy (non-hydrogen) atoms. The van der Waals surface area contributed by atoms with Gasteiger partial charge in [0.2, 0.25) is 0 Å². The molecule has 0 bridgehead atoms. The van der Waals surface area contributed by atoms with Gasteiger partial charge in [-0.05, 0) is 19.4 Å². The summed E-state index contributed by atoms with van der Waals surface area (Å²) in [6.07, 6.45) is 0.447. The van der Waals surface area contributed by atoms with Crippen molar-refractivity contribution in [1.29, 1.82) is 0 Å². The van der Waals surface area contributed by atoms with Gasteiger partial charge in [-0.25, -0.2) is 18.3 Å². The standard InChI is InChI=1S/C11H16N4O4S/c1-2-15(8-5-6-20(18,19)7-8)11(17)12-9-3-4-10(16)14-13-9/h3-4,8H,2,5-7H2,1H3,(H,14,16)(H,12,13,17). The number of hydrogen-bond donors (Lipinski definition) is 2. The van der Waals surface area contributed by atoms with Gasteiger partial charge in [0.1, 0.15) is 0 Å². The van der Waals surface area contributed by atoms with Gasteiger partial charge in [-0.2, -0.15) is 5.10 Å². The number of aromatic nitrogens is 2. The molecular weight excluding hydrogens is 284 g/mol. The predicted octanol–water partition coefficient (Wildman–Crippen LogP) is -0.189. The average molecular weight is 300 g/mol. The summed E-state index contributed by atoms with van der Waals surface area (Å²) >= 11 is 0. The number of anilines is 1. The Morgan fingerprint density at radius 3 is 2.80 bits per heavy atom. The van der Waals surface area contributed by atoms with Crippen LogP contribution in [0.1, 0.15) is 13.3 Å². The Kier molecular flexibility index (Phi) is 4.07. The van der Waals surface area contributed by atoms with Crippen LogP contribution in [0.2, 0.25) is 0 Å². The van der Waals surface area contributed by atoms with E-state index in [0.29, 0.717) is 13.0 Å². The fourth-order valence-corrected chi connectivity index (χ4v) is 3.91. The Morgan fingerprint density at radius 1 is 1.55 bits per heavy atom. The van der Waals surface area contributed by atoms with Crippen molar-refractivity contribution in [1.82, 2.24) is 15.1 Å². The lowest BCUT2D eigenvalue weighted by atomic mass is 10.2. The van der Waals surface area contributed by atoms with Crippen molar-refractivity contribution in [2.24, 2.45) is 0 Å². The van der Waals surface area contributed by atoms with Crippen molar-refractivity contribution < 1.29 is 13.2 Å². The number of carbonyl (C=O) groups excluding carboxylic acids is 1. The van der Waals surface area contributed by atoms with Crippen LogP contribution in [0.4, 0.5) is 10.6 Å². The van der Waals surface area contributed by atoms with Gasteiger partial charge in [-0.3, -0.25) is 10.1 Å². The Labute approximate surface area is 116 Å². The third-order valence-corrected chi connectivity index (χ3v) is 4.92. The lowest BCUT2D eigenvalue weighted by Crippen LogP contribution is -2.43. The van der Waals surface area contributed by atoms with Gasteiger partial charge in [0.25, 0.3) is 5.56 Å². The summed E-state index contributed by atoms with van der Waals surface area (Å²) in [7, 11) is -3.05. The molecule has 1 atom stereocenters. The highest BCUT2D eigenvalue weighted by molar-refractivity contribution is 7.91. The minimum absolute atomic E-state index is 0.00664. The van der Waals surface area contributed by atoms with Gasteiger partial charge in [-0.1, -0.05) is 0 Å². The maximum Gasteiger partial charge on any atom is 0.323 e. The molecule has 1 unspecified atom stereocenters. The van der Waals surface area contributed by atoms with Crippen molar-refractivity contribution in [2.75, 3.05) is 23.4 Å². The van der Waals surface area contributed by atoms with Crippen LogP contribution in [0.5, 0.6) is 0 Å². The largest absolute Gasteiger partial charge is 0.323 e. The molecule has 9 heteroatoms. The highest BCUT2D eigenvalue weighted by Crippen LogP contribution is 2.18. The second-order valence-corrected chi connectivity index (χ2v) is 6.81. The number of rotatable bonds is 3. The molecule has 1 aromatic rings. The maximum absolute atomic E-state index is 12.1. The van der Waals surface area contributed by atoms with Crippen LogP contribution < -0.4 is 10.9 Å². The summed E-state index contributed by atoms with van der Waals surface area (Å²) in [5, 5.41) is 8.42. The van der Waals surface area contributed by atoms with E-state index >= 15 is 0 Å². The number of hydrogen-bond acceptors (Lipinski definition) is 5. The lowest BCUT2D eigenvalue weighted by molar-refractivity contribution is 0.197. The predicted molar refractivity (Wildman–Crippen MR) is 73.3 cm³/mol. The Bertz CT molecular complexity index is 634. The summed E-state index contributed by atoms with van der Waals surface area (Å²) < 4.78 is 22.9. The van der Waals surface area contributed by atoms with Crippen molar-refractivity contribution >= 4 is 21.7 Å². The molecule has 0 saturated carbocycles. The molecule has 0 aliphatic carbocycles. The van der Waals surface area contributed by atoms with Gasteiger partial charge in [0.05, 0.1) is 11.5 Å². The highest BCUT2D eigenvalue weighted by Gasteiger charge is 2.34. The quantitative estimate of drug-likeness (QED) is 0.803. The van der Waals surface area contributed by atoms with Crippen molar-refractivity contribution in [3.05, 3.63) is 22.5 Å². The SMILES string of the molecule is CCN(C(=O)Nc1ccc(=O)[nH]n1)C1CCS(=O)(=O)C1. The van der Waals surface area contributed by atoms with Crippen LogP contribution in [0, 0.1) is 0 Å². The molecule has 0 aromatic carbocycles. The van der Waals surface area contributed by atoms with E-state index in [4.69, 9.17) is 0 Å².